The lowest BCUT2D eigenvalue weighted by atomic mass is 9.91. The minimum absolute atomic E-state index is 0.0000445. The van der Waals surface area contributed by atoms with Crippen molar-refractivity contribution in [3.8, 4) is 0 Å². The van der Waals surface area contributed by atoms with Gasteiger partial charge in [0, 0.05) is 30.2 Å². The molecule has 5 nitrogen and oxygen atoms in total. The first-order valence-electron chi connectivity index (χ1n) is 8.27. The summed E-state index contributed by atoms with van der Waals surface area (Å²) in [6, 6.07) is 25.6. The molecule has 0 bridgehead atoms. The quantitative estimate of drug-likeness (QED) is 0.538. The molecule has 1 N–H and O–H groups in total. The van der Waals surface area contributed by atoms with Crippen molar-refractivity contribution >= 4 is 11.6 Å². The topological polar surface area (TPSA) is 72.2 Å². The van der Waals surface area contributed by atoms with Crippen LogP contribution in [0.2, 0.25) is 0 Å². The number of nitro groups is 1. The van der Waals surface area contributed by atoms with Crippen molar-refractivity contribution in [1.82, 2.24) is 5.32 Å². The van der Waals surface area contributed by atoms with Crippen molar-refractivity contribution < 1.29 is 9.72 Å². The SMILES string of the molecule is O=C(NCC(c1ccccc1)c1ccccc1)c1cccc([N+](=O)[O-])c1. The maximum atomic E-state index is 12.5. The lowest BCUT2D eigenvalue weighted by Crippen LogP contribution is -2.29. The predicted molar refractivity (Wildman–Crippen MR) is 100 cm³/mol. The van der Waals surface area contributed by atoms with Crippen LogP contribution in [0.15, 0.2) is 84.9 Å². The second-order valence-electron chi connectivity index (χ2n) is 5.89. The number of hydrogen-bond acceptors (Lipinski definition) is 3. The summed E-state index contributed by atoms with van der Waals surface area (Å²) in [6.45, 7) is 0.398. The Morgan fingerprint density at radius 1 is 0.885 bits per heavy atom. The van der Waals surface area contributed by atoms with Gasteiger partial charge in [-0.25, -0.2) is 0 Å². The molecule has 26 heavy (non-hydrogen) atoms. The summed E-state index contributed by atoms with van der Waals surface area (Å²) in [6.07, 6.45) is 0. The Bertz CT molecular complexity index is 856. The number of benzene rings is 3. The molecule has 0 fully saturated rings. The summed E-state index contributed by atoms with van der Waals surface area (Å²) in [4.78, 5) is 22.8. The normalized spacial score (nSPS) is 10.5. The smallest absolute Gasteiger partial charge is 0.270 e. The predicted octanol–water partition coefficient (Wildman–Crippen LogP) is 4.16. The van der Waals surface area contributed by atoms with Crippen LogP contribution in [0.5, 0.6) is 0 Å². The minimum Gasteiger partial charge on any atom is -0.351 e. The summed E-state index contributed by atoms with van der Waals surface area (Å²) < 4.78 is 0. The molecule has 0 radical (unpaired) electrons. The van der Waals surface area contributed by atoms with Gasteiger partial charge in [0.25, 0.3) is 11.6 Å². The molecule has 0 heterocycles. The van der Waals surface area contributed by atoms with Crippen molar-refractivity contribution in [2.75, 3.05) is 6.54 Å². The van der Waals surface area contributed by atoms with Crippen LogP contribution in [0.3, 0.4) is 0 Å². The van der Waals surface area contributed by atoms with Crippen LogP contribution in [0.25, 0.3) is 0 Å². The molecule has 0 aliphatic rings. The van der Waals surface area contributed by atoms with Crippen molar-refractivity contribution in [2.45, 2.75) is 5.92 Å². The number of hydrogen-bond donors (Lipinski definition) is 1. The fourth-order valence-electron chi connectivity index (χ4n) is 2.86. The highest BCUT2D eigenvalue weighted by Crippen LogP contribution is 2.24. The van der Waals surface area contributed by atoms with Crippen LogP contribution in [0, 0.1) is 10.1 Å². The summed E-state index contributed by atoms with van der Waals surface area (Å²) >= 11 is 0. The molecule has 0 atom stereocenters. The molecule has 130 valence electrons. The number of rotatable bonds is 6. The van der Waals surface area contributed by atoms with Gasteiger partial charge in [-0.2, -0.15) is 0 Å². The first-order valence-corrected chi connectivity index (χ1v) is 8.27. The Labute approximate surface area is 151 Å². The van der Waals surface area contributed by atoms with Gasteiger partial charge < -0.3 is 5.32 Å². The highest BCUT2D eigenvalue weighted by Gasteiger charge is 2.17. The van der Waals surface area contributed by atoms with Crippen LogP contribution < -0.4 is 5.32 Å². The molecule has 0 saturated carbocycles. The van der Waals surface area contributed by atoms with Gasteiger partial charge in [0.2, 0.25) is 0 Å². The lowest BCUT2D eigenvalue weighted by Gasteiger charge is -2.19. The first kappa shape index (κ1) is 17.4. The molecule has 0 aliphatic heterocycles. The Morgan fingerprint density at radius 2 is 1.46 bits per heavy atom. The summed E-state index contributed by atoms with van der Waals surface area (Å²) in [5.74, 6) is -0.328. The highest BCUT2D eigenvalue weighted by atomic mass is 16.6. The van der Waals surface area contributed by atoms with Crippen molar-refractivity contribution in [3.63, 3.8) is 0 Å². The number of nitrogens with one attached hydrogen (secondary N) is 1. The second-order valence-corrected chi connectivity index (χ2v) is 5.89. The highest BCUT2D eigenvalue weighted by molar-refractivity contribution is 5.94. The molecule has 3 rings (SSSR count). The third-order valence-corrected chi connectivity index (χ3v) is 4.19. The Kier molecular flexibility index (Phi) is 5.39. The van der Waals surface area contributed by atoms with E-state index in [1.165, 1.54) is 18.2 Å². The molecule has 0 saturated heterocycles. The number of nitrogens with zero attached hydrogens (tertiary/aromatic N) is 1. The van der Waals surface area contributed by atoms with Crippen LogP contribution >= 0.6 is 0 Å². The van der Waals surface area contributed by atoms with E-state index in [0.29, 0.717) is 6.54 Å². The Balaban J connectivity index is 1.79. The molecule has 1 amide bonds. The summed E-state index contributed by atoms with van der Waals surface area (Å²) in [5.41, 5.74) is 2.37. The number of amides is 1. The average molecular weight is 346 g/mol. The number of carbonyl (C=O) groups excluding carboxylic acids is 1. The van der Waals surface area contributed by atoms with E-state index in [-0.39, 0.29) is 23.1 Å². The lowest BCUT2D eigenvalue weighted by molar-refractivity contribution is -0.384. The maximum absolute atomic E-state index is 12.5. The zero-order chi connectivity index (χ0) is 18.4. The monoisotopic (exact) mass is 346 g/mol. The van der Waals surface area contributed by atoms with Crippen molar-refractivity contribution in [2.24, 2.45) is 0 Å². The summed E-state index contributed by atoms with van der Waals surface area (Å²) in [5, 5.41) is 13.8. The van der Waals surface area contributed by atoms with Gasteiger partial charge in [-0.15, -0.1) is 0 Å². The molecule has 3 aromatic rings. The van der Waals surface area contributed by atoms with Crippen LogP contribution in [-0.4, -0.2) is 17.4 Å². The van der Waals surface area contributed by atoms with Gasteiger partial charge in [-0.3, -0.25) is 14.9 Å². The van der Waals surface area contributed by atoms with E-state index in [1.54, 1.807) is 6.07 Å². The zero-order valence-corrected chi connectivity index (χ0v) is 14.0. The second kappa shape index (κ2) is 8.07. The fourth-order valence-corrected chi connectivity index (χ4v) is 2.86. The molecule has 0 unspecified atom stereocenters. The van der Waals surface area contributed by atoms with E-state index in [9.17, 15) is 14.9 Å². The standard InChI is InChI=1S/C21H18N2O3/c24-21(18-12-7-13-19(14-18)23(25)26)22-15-20(16-8-3-1-4-9-16)17-10-5-2-6-11-17/h1-14,20H,15H2,(H,22,24). The molecular formula is C21H18N2O3. The van der Waals surface area contributed by atoms with E-state index in [0.717, 1.165) is 11.1 Å². The zero-order valence-electron chi connectivity index (χ0n) is 14.0. The van der Waals surface area contributed by atoms with Crippen LogP contribution in [-0.2, 0) is 0 Å². The molecule has 0 aliphatic carbocycles. The van der Waals surface area contributed by atoms with Gasteiger partial charge in [-0.1, -0.05) is 66.7 Å². The van der Waals surface area contributed by atoms with Gasteiger partial charge in [0.1, 0.15) is 0 Å². The van der Waals surface area contributed by atoms with Gasteiger partial charge in [0.15, 0.2) is 0 Å². The largest absolute Gasteiger partial charge is 0.351 e. The molecule has 0 spiro atoms. The minimum atomic E-state index is -0.506. The molecule has 3 aromatic carbocycles. The maximum Gasteiger partial charge on any atom is 0.270 e. The van der Waals surface area contributed by atoms with Crippen molar-refractivity contribution in [3.05, 3.63) is 112 Å². The first-order chi connectivity index (χ1) is 12.6. The number of carbonyl (C=O) groups is 1. The van der Waals surface area contributed by atoms with Gasteiger partial charge in [-0.05, 0) is 17.2 Å². The van der Waals surface area contributed by atoms with Crippen LogP contribution in [0.1, 0.15) is 27.4 Å². The van der Waals surface area contributed by atoms with E-state index in [4.69, 9.17) is 0 Å². The number of nitro benzene ring substituents is 1. The van der Waals surface area contributed by atoms with E-state index in [1.807, 2.05) is 60.7 Å². The van der Waals surface area contributed by atoms with Crippen molar-refractivity contribution in [1.29, 1.82) is 0 Å². The van der Waals surface area contributed by atoms with E-state index < -0.39 is 4.92 Å². The third kappa shape index (κ3) is 4.13. The van der Waals surface area contributed by atoms with Gasteiger partial charge >= 0.3 is 0 Å². The molecule has 0 aromatic heterocycles. The molecule has 5 heteroatoms. The fraction of sp³-hybridized carbons (Fsp3) is 0.0952. The van der Waals surface area contributed by atoms with E-state index in [2.05, 4.69) is 5.32 Å². The third-order valence-electron chi connectivity index (χ3n) is 4.19. The summed E-state index contributed by atoms with van der Waals surface area (Å²) in [7, 11) is 0. The number of non-ortho nitro benzene ring substituents is 1. The molecular weight excluding hydrogens is 328 g/mol. The van der Waals surface area contributed by atoms with E-state index >= 15 is 0 Å². The Morgan fingerprint density at radius 3 is 2.00 bits per heavy atom. The Hall–Kier alpha value is -3.47. The van der Waals surface area contributed by atoms with Gasteiger partial charge in [0.05, 0.1) is 4.92 Å². The average Bonchev–Trinajstić information content (AvgIpc) is 2.69. The van der Waals surface area contributed by atoms with Crippen LogP contribution in [0.4, 0.5) is 5.69 Å².